The number of halogens is 2. The van der Waals surface area contributed by atoms with Gasteiger partial charge in [0.15, 0.2) is 0 Å². The lowest BCUT2D eigenvalue weighted by Crippen LogP contribution is -2.30. The van der Waals surface area contributed by atoms with E-state index in [2.05, 4.69) is 47.0 Å². The maximum atomic E-state index is 5.92. The number of rotatable bonds is 0. The van der Waals surface area contributed by atoms with Crippen molar-refractivity contribution in [3.05, 3.63) is 59.2 Å². The molecule has 0 spiro atoms. The molecule has 0 aliphatic carbocycles. The first kappa shape index (κ1) is 20.8. The topological polar surface area (TPSA) is 42.5 Å². The second-order valence-electron chi connectivity index (χ2n) is 6.37. The van der Waals surface area contributed by atoms with Crippen molar-refractivity contribution < 1.29 is 9.47 Å². The Labute approximate surface area is 167 Å². The highest BCUT2D eigenvalue weighted by Crippen LogP contribution is 2.32. The van der Waals surface area contributed by atoms with Crippen LogP contribution in [0, 0.1) is 0 Å². The molecule has 1 atom stereocenters. The molecular weight excluding hydrogens is 371 g/mol. The maximum absolute atomic E-state index is 5.92. The normalized spacial score (nSPS) is 19.3. The third-order valence-electron chi connectivity index (χ3n) is 4.67. The number of fused-ring (bicyclic) bond motifs is 8. The van der Waals surface area contributed by atoms with Crippen molar-refractivity contribution in [2.75, 3.05) is 32.8 Å². The quantitative estimate of drug-likeness (QED) is 0.714. The lowest BCUT2D eigenvalue weighted by molar-refractivity contribution is 0.293. The van der Waals surface area contributed by atoms with Gasteiger partial charge in [-0.3, -0.25) is 0 Å². The minimum Gasteiger partial charge on any atom is -0.494 e. The predicted molar refractivity (Wildman–Crippen MR) is 109 cm³/mol. The van der Waals surface area contributed by atoms with Crippen LogP contribution in [-0.4, -0.2) is 32.8 Å². The van der Waals surface area contributed by atoms with Crippen LogP contribution in [-0.2, 0) is 6.42 Å². The van der Waals surface area contributed by atoms with Crippen LogP contribution in [0.25, 0.3) is 0 Å². The molecule has 2 aromatic rings. The van der Waals surface area contributed by atoms with Crippen LogP contribution in [0.1, 0.15) is 29.2 Å². The molecule has 0 fully saturated rings. The van der Waals surface area contributed by atoms with Gasteiger partial charge in [0.25, 0.3) is 0 Å². The fourth-order valence-corrected chi connectivity index (χ4v) is 3.47. The molecular formula is C20H26Cl2N2O2. The average molecular weight is 397 g/mol. The number of nitrogens with one attached hydrogen (secondary N) is 2. The van der Waals surface area contributed by atoms with E-state index in [9.17, 15) is 0 Å². The highest BCUT2D eigenvalue weighted by molar-refractivity contribution is 5.85. The molecule has 3 aliphatic rings. The van der Waals surface area contributed by atoms with Gasteiger partial charge in [0.2, 0.25) is 0 Å². The molecule has 26 heavy (non-hydrogen) atoms. The fourth-order valence-electron chi connectivity index (χ4n) is 3.47. The van der Waals surface area contributed by atoms with Crippen LogP contribution in [0.3, 0.4) is 0 Å². The summed E-state index contributed by atoms with van der Waals surface area (Å²) in [7, 11) is 0. The SMILES string of the molecule is Cl.Cl.c1cc2cc(c1)C1NCCc3cc(ccc31)OCCNCCCO2. The Morgan fingerprint density at radius 1 is 0.846 bits per heavy atom. The molecule has 0 saturated carbocycles. The highest BCUT2D eigenvalue weighted by atomic mass is 35.5. The van der Waals surface area contributed by atoms with Crippen LogP contribution >= 0.6 is 24.8 Å². The van der Waals surface area contributed by atoms with E-state index in [0.717, 1.165) is 50.6 Å². The van der Waals surface area contributed by atoms with Crippen LogP contribution in [0.5, 0.6) is 11.5 Å². The molecule has 0 radical (unpaired) electrons. The summed E-state index contributed by atoms with van der Waals surface area (Å²) < 4.78 is 11.8. The fraction of sp³-hybridized carbons (Fsp3) is 0.400. The minimum absolute atomic E-state index is 0. The molecule has 5 rings (SSSR count). The summed E-state index contributed by atoms with van der Waals surface area (Å²) in [4.78, 5) is 0. The van der Waals surface area contributed by atoms with Crippen molar-refractivity contribution in [2.45, 2.75) is 18.9 Å². The molecule has 2 N–H and O–H groups in total. The van der Waals surface area contributed by atoms with Gasteiger partial charge >= 0.3 is 0 Å². The first-order chi connectivity index (χ1) is 11.9. The van der Waals surface area contributed by atoms with Gasteiger partial charge in [0, 0.05) is 13.1 Å². The highest BCUT2D eigenvalue weighted by Gasteiger charge is 2.22. The Balaban J connectivity index is 0.00000121. The molecule has 142 valence electrons. The van der Waals surface area contributed by atoms with Gasteiger partial charge in [0.1, 0.15) is 18.1 Å². The van der Waals surface area contributed by atoms with Crippen molar-refractivity contribution in [3.63, 3.8) is 0 Å². The van der Waals surface area contributed by atoms with E-state index in [4.69, 9.17) is 9.47 Å². The van der Waals surface area contributed by atoms with E-state index >= 15 is 0 Å². The van der Waals surface area contributed by atoms with Crippen molar-refractivity contribution in [1.29, 1.82) is 0 Å². The average Bonchev–Trinajstić information content (AvgIpc) is 2.63. The van der Waals surface area contributed by atoms with E-state index in [1.807, 2.05) is 6.07 Å². The molecule has 1 unspecified atom stereocenters. The lowest BCUT2D eigenvalue weighted by Gasteiger charge is -2.28. The molecule has 6 bridgehead atoms. The first-order valence-corrected chi connectivity index (χ1v) is 8.83. The zero-order valence-corrected chi connectivity index (χ0v) is 16.3. The summed E-state index contributed by atoms with van der Waals surface area (Å²) in [5, 5.41) is 7.04. The summed E-state index contributed by atoms with van der Waals surface area (Å²) in [6, 6.07) is 15.2. The van der Waals surface area contributed by atoms with E-state index in [-0.39, 0.29) is 30.9 Å². The molecule has 2 aromatic carbocycles. The van der Waals surface area contributed by atoms with Crippen molar-refractivity contribution >= 4 is 24.8 Å². The van der Waals surface area contributed by atoms with Gasteiger partial charge in [-0.1, -0.05) is 18.2 Å². The zero-order chi connectivity index (χ0) is 16.2. The van der Waals surface area contributed by atoms with Gasteiger partial charge in [0.05, 0.1) is 12.6 Å². The van der Waals surface area contributed by atoms with Gasteiger partial charge < -0.3 is 20.1 Å². The molecule has 3 aliphatic heterocycles. The summed E-state index contributed by atoms with van der Waals surface area (Å²) in [6.07, 6.45) is 2.03. The smallest absolute Gasteiger partial charge is 0.119 e. The second-order valence-corrected chi connectivity index (χ2v) is 6.37. The minimum atomic E-state index is 0. The van der Waals surface area contributed by atoms with E-state index in [1.54, 1.807) is 0 Å². The number of hydrogen-bond donors (Lipinski definition) is 2. The predicted octanol–water partition coefficient (Wildman–Crippen LogP) is 3.52. The Morgan fingerprint density at radius 3 is 2.62 bits per heavy atom. The van der Waals surface area contributed by atoms with Gasteiger partial charge in [-0.15, -0.1) is 24.8 Å². The summed E-state index contributed by atoms with van der Waals surface area (Å²) >= 11 is 0. The van der Waals surface area contributed by atoms with E-state index in [0.29, 0.717) is 6.61 Å². The van der Waals surface area contributed by atoms with Crippen LogP contribution < -0.4 is 20.1 Å². The molecule has 6 heteroatoms. The maximum Gasteiger partial charge on any atom is 0.119 e. The molecule has 4 nitrogen and oxygen atoms in total. The van der Waals surface area contributed by atoms with Crippen LogP contribution in [0.15, 0.2) is 42.5 Å². The summed E-state index contributed by atoms with van der Waals surface area (Å²) in [5.74, 6) is 1.92. The Kier molecular flexibility index (Phi) is 8.04. The molecule has 3 heterocycles. The van der Waals surface area contributed by atoms with E-state index < -0.39 is 0 Å². The summed E-state index contributed by atoms with van der Waals surface area (Å²) in [5.41, 5.74) is 3.98. The first-order valence-electron chi connectivity index (χ1n) is 8.83. The van der Waals surface area contributed by atoms with Gasteiger partial charge in [-0.25, -0.2) is 0 Å². The van der Waals surface area contributed by atoms with Gasteiger partial charge in [-0.05, 0) is 60.3 Å². The zero-order valence-electron chi connectivity index (χ0n) is 14.7. The standard InChI is InChI=1S/C20H24N2O2.2ClH/c1-3-16-14-17(4-1)23-11-2-8-21-10-12-24-18-5-6-19-15(13-18)7-9-22-20(16)19;;/h1,3-6,13-14,20-22H,2,7-12H2;2*1H. The largest absolute Gasteiger partial charge is 0.494 e. The Hall–Kier alpha value is -1.46. The number of ether oxygens (including phenoxy) is 2. The molecule has 0 aromatic heterocycles. The van der Waals surface area contributed by atoms with E-state index in [1.165, 1.54) is 16.7 Å². The van der Waals surface area contributed by atoms with Crippen molar-refractivity contribution in [1.82, 2.24) is 10.6 Å². The third kappa shape index (κ3) is 4.83. The van der Waals surface area contributed by atoms with Gasteiger partial charge in [-0.2, -0.15) is 0 Å². The Bertz CT molecular complexity index is 712. The molecule has 0 saturated heterocycles. The second kappa shape index (κ2) is 10.0. The van der Waals surface area contributed by atoms with Crippen molar-refractivity contribution in [3.8, 4) is 11.5 Å². The van der Waals surface area contributed by atoms with Crippen LogP contribution in [0.4, 0.5) is 0 Å². The number of benzene rings is 2. The van der Waals surface area contributed by atoms with Crippen LogP contribution in [0.2, 0.25) is 0 Å². The molecule has 0 amide bonds. The lowest BCUT2D eigenvalue weighted by atomic mass is 9.89. The summed E-state index contributed by atoms with van der Waals surface area (Å²) in [6.45, 7) is 4.21. The monoisotopic (exact) mass is 396 g/mol. The third-order valence-corrected chi connectivity index (χ3v) is 4.67. The van der Waals surface area contributed by atoms with Crippen molar-refractivity contribution in [2.24, 2.45) is 0 Å². The Morgan fingerprint density at radius 2 is 1.69 bits per heavy atom. The number of hydrogen-bond acceptors (Lipinski definition) is 4.